The zero-order chi connectivity index (χ0) is 22.6. The molecule has 1 aromatic carbocycles. The topological polar surface area (TPSA) is 79.0 Å². The van der Waals surface area contributed by atoms with Crippen molar-refractivity contribution in [3.05, 3.63) is 40.6 Å². The van der Waals surface area contributed by atoms with Gasteiger partial charge in [0, 0.05) is 24.5 Å². The molecular formula is C23H31N3O4S2. The first-order chi connectivity index (χ1) is 15.5. The molecule has 1 aromatic heterocycles. The lowest BCUT2D eigenvalue weighted by Crippen LogP contribution is -2.35. The molecule has 1 atom stereocenters. The number of hydrogen-bond acceptors (Lipinski definition) is 6. The Labute approximate surface area is 194 Å². The highest BCUT2D eigenvalue weighted by Crippen LogP contribution is 2.35. The third-order valence-corrected chi connectivity index (χ3v) is 9.12. The SMILES string of the molecule is COc1ccc(S(=O)(=O)N2CCCCCC2)cc1NCC(=O)N1CCCC1c1cccs1. The highest BCUT2D eigenvalue weighted by Gasteiger charge is 2.31. The smallest absolute Gasteiger partial charge is 0.243 e. The second-order valence-electron chi connectivity index (χ2n) is 8.29. The molecule has 0 bridgehead atoms. The summed E-state index contributed by atoms with van der Waals surface area (Å²) in [5.74, 6) is 0.521. The predicted molar refractivity (Wildman–Crippen MR) is 127 cm³/mol. The molecule has 1 unspecified atom stereocenters. The van der Waals surface area contributed by atoms with Gasteiger partial charge in [0.1, 0.15) is 5.75 Å². The number of benzene rings is 1. The van der Waals surface area contributed by atoms with E-state index in [1.54, 1.807) is 41.0 Å². The number of carbonyl (C=O) groups excluding carboxylic acids is 1. The lowest BCUT2D eigenvalue weighted by atomic mass is 10.2. The molecule has 9 heteroatoms. The van der Waals surface area contributed by atoms with Crippen LogP contribution in [0.15, 0.2) is 40.6 Å². The van der Waals surface area contributed by atoms with Gasteiger partial charge in [0.2, 0.25) is 15.9 Å². The second kappa shape index (κ2) is 10.2. The number of anilines is 1. The van der Waals surface area contributed by atoms with Crippen molar-refractivity contribution in [1.29, 1.82) is 0 Å². The highest BCUT2D eigenvalue weighted by atomic mass is 32.2. The second-order valence-corrected chi connectivity index (χ2v) is 11.2. The zero-order valence-electron chi connectivity index (χ0n) is 18.5. The number of methoxy groups -OCH3 is 1. The summed E-state index contributed by atoms with van der Waals surface area (Å²) in [5.41, 5.74) is 0.517. The van der Waals surface area contributed by atoms with Gasteiger partial charge in [0.15, 0.2) is 0 Å². The van der Waals surface area contributed by atoms with E-state index in [4.69, 9.17) is 4.74 Å². The van der Waals surface area contributed by atoms with Gasteiger partial charge < -0.3 is 15.0 Å². The Bertz CT molecular complexity index is 1020. The van der Waals surface area contributed by atoms with Crippen molar-refractivity contribution in [2.24, 2.45) is 0 Å². The number of sulfonamides is 1. The maximum Gasteiger partial charge on any atom is 0.243 e. The van der Waals surface area contributed by atoms with Crippen LogP contribution in [-0.4, -0.2) is 56.8 Å². The van der Waals surface area contributed by atoms with Crippen molar-refractivity contribution < 1.29 is 17.9 Å². The monoisotopic (exact) mass is 477 g/mol. The van der Waals surface area contributed by atoms with E-state index in [1.807, 2.05) is 16.3 Å². The first kappa shape index (κ1) is 23.1. The lowest BCUT2D eigenvalue weighted by Gasteiger charge is -2.25. The molecule has 0 radical (unpaired) electrons. The average molecular weight is 478 g/mol. The van der Waals surface area contributed by atoms with Crippen LogP contribution in [0.4, 0.5) is 5.69 Å². The summed E-state index contributed by atoms with van der Waals surface area (Å²) < 4.78 is 33.4. The largest absolute Gasteiger partial charge is 0.495 e. The van der Waals surface area contributed by atoms with Crippen molar-refractivity contribution in [2.75, 3.05) is 38.6 Å². The Hall–Kier alpha value is -2.10. The van der Waals surface area contributed by atoms with E-state index in [-0.39, 0.29) is 23.4 Å². The van der Waals surface area contributed by atoms with E-state index >= 15 is 0 Å². The van der Waals surface area contributed by atoms with Gasteiger partial charge >= 0.3 is 0 Å². The normalized spacial score (nSPS) is 20.2. The van der Waals surface area contributed by atoms with Crippen molar-refractivity contribution in [1.82, 2.24) is 9.21 Å². The van der Waals surface area contributed by atoms with Crippen LogP contribution in [0, 0.1) is 0 Å². The molecule has 2 aromatic rings. The molecule has 2 aliphatic heterocycles. The molecular weight excluding hydrogens is 446 g/mol. The van der Waals surface area contributed by atoms with Crippen molar-refractivity contribution in [3.8, 4) is 5.75 Å². The summed E-state index contributed by atoms with van der Waals surface area (Å²) in [5, 5.41) is 5.18. The van der Waals surface area contributed by atoms with E-state index in [2.05, 4.69) is 11.4 Å². The predicted octanol–water partition coefficient (Wildman–Crippen LogP) is 4.10. The van der Waals surface area contributed by atoms with Crippen LogP contribution in [0.3, 0.4) is 0 Å². The fourth-order valence-corrected chi connectivity index (χ4v) is 6.95. The minimum absolute atomic E-state index is 0.00345. The summed E-state index contributed by atoms with van der Waals surface area (Å²) in [6.07, 6.45) is 5.85. The van der Waals surface area contributed by atoms with Gasteiger partial charge in [-0.15, -0.1) is 11.3 Å². The number of carbonyl (C=O) groups is 1. The Kier molecular flexibility index (Phi) is 7.37. The average Bonchev–Trinajstić information content (AvgIpc) is 3.43. The van der Waals surface area contributed by atoms with Crippen LogP contribution in [0.5, 0.6) is 5.75 Å². The summed E-state index contributed by atoms with van der Waals surface area (Å²) in [6.45, 7) is 1.93. The van der Waals surface area contributed by atoms with Gasteiger partial charge in [-0.05, 0) is 55.3 Å². The highest BCUT2D eigenvalue weighted by molar-refractivity contribution is 7.89. The number of nitrogens with zero attached hydrogens (tertiary/aromatic N) is 2. The molecule has 4 rings (SSSR count). The quantitative estimate of drug-likeness (QED) is 0.650. The van der Waals surface area contributed by atoms with Gasteiger partial charge in [-0.2, -0.15) is 4.31 Å². The Balaban J connectivity index is 1.49. The molecule has 32 heavy (non-hydrogen) atoms. The van der Waals surface area contributed by atoms with Crippen molar-refractivity contribution >= 4 is 33.0 Å². The number of ether oxygens (including phenoxy) is 1. The fraction of sp³-hybridized carbons (Fsp3) is 0.522. The molecule has 3 heterocycles. The molecule has 174 valence electrons. The number of rotatable bonds is 7. The minimum Gasteiger partial charge on any atom is -0.495 e. The Morgan fingerprint density at radius 2 is 1.91 bits per heavy atom. The number of amides is 1. The molecule has 2 fully saturated rings. The van der Waals surface area contributed by atoms with Gasteiger partial charge in [-0.1, -0.05) is 18.9 Å². The molecule has 0 aliphatic carbocycles. The third kappa shape index (κ3) is 4.94. The maximum atomic E-state index is 13.2. The van der Waals surface area contributed by atoms with Crippen LogP contribution < -0.4 is 10.1 Å². The molecule has 1 amide bonds. The zero-order valence-corrected chi connectivity index (χ0v) is 20.1. The van der Waals surface area contributed by atoms with Crippen molar-refractivity contribution in [2.45, 2.75) is 49.5 Å². The van der Waals surface area contributed by atoms with Gasteiger partial charge in [-0.25, -0.2) is 8.42 Å². The van der Waals surface area contributed by atoms with Gasteiger partial charge in [-0.3, -0.25) is 4.79 Å². The third-order valence-electron chi connectivity index (χ3n) is 6.25. The summed E-state index contributed by atoms with van der Waals surface area (Å²) >= 11 is 1.68. The van der Waals surface area contributed by atoms with E-state index in [0.717, 1.165) is 45.1 Å². The summed E-state index contributed by atoms with van der Waals surface area (Å²) in [4.78, 5) is 16.3. The molecule has 0 saturated carbocycles. The van der Waals surface area contributed by atoms with Crippen LogP contribution in [0.25, 0.3) is 0 Å². The molecule has 7 nitrogen and oxygen atoms in total. The molecule has 2 saturated heterocycles. The van der Waals surface area contributed by atoms with Crippen LogP contribution >= 0.6 is 11.3 Å². The minimum atomic E-state index is -3.58. The molecule has 0 spiro atoms. The van der Waals surface area contributed by atoms with E-state index in [0.29, 0.717) is 24.5 Å². The van der Waals surface area contributed by atoms with Crippen LogP contribution in [-0.2, 0) is 14.8 Å². The van der Waals surface area contributed by atoms with E-state index < -0.39 is 10.0 Å². The summed E-state index contributed by atoms with van der Waals surface area (Å²) in [6, 6.07) is 9.05. The fourth-order valence-electron chi connectivity index (χ4n) is 4.53. The van der Waals surface area contributed by atoms with E-state index in [1.165, 1.54) is 4.88 Å². The number of nitrogens with one attached hydrogen (secondary N) is 1. The van der Waals surface area contributed by atoms with Gasteiger partial charge in [0.05, 0.1) is 30.3 Å². The van der Waals surface area contributed by atoms with Crippen LogP contribution in [0.2, 0.25) is 0 Å². The molecule has 2 aliphatic rings. The number of thiophene rings is 1. The number of hydrogen-bond donors (Lipinski definition) is 1. The van der Waals surface area contributed by atoms with Crippen molar-refractivity contribution in [3.63, 3.8) is 0 Å². The maximum absolute atomic E-state index is 13.2. The van der Waals surface area contributed by atoms with E-state index in [9.17, 15) is 13.2 Å². The van der Waals surface area contributed by atoms with Gasteiger partial charge in [0.25, 0.3) is 0 Å². The Morgan fingerprint density at radius 1 is 1.12 bits per heavy atom. The van der Waals surface area contributed by atoms with Crippen LogP contribution in [0.1, 0.15) is 49.4 Å². The standard InChI is InChI=1S/C23H31N3O4S2/c1-30-21-11-10-18(32(28,29)25-12-4-2-3-5-13-25)16-19(21)24-17-23(27)26-14-6-8-20(26)22-9-7-15-31-22/h7,9-11,15-16,20,24H,2-6,8,12-14,17H2,1H3. The molecule has 1 N–H and O–H groups in total. The first-order valence-electron chi connectivity index (χ1n) is 11.3. The first-order valence-corrected chi connectivity index (χ1v) is 13.6. The lowest BCUT2D eigenvalue weighted by molar-refractivity contribution is -0.130. The summed E-state index contributed by atoms with van der Waals surface area (Å²) in [7, 11) is -2.04. The Morgan fingerprint density at radius 3 is 2.59 bits per heavy atom. The number of likely N-dealkylation sites (tertiary alicyclic amines) is 1.